The van der Waals surface area contributed by atoms with Crippen molar-refractivity contribution in [2.24, 2.45) is 5.92 Å². The maximum atomic E-state index is 14.5. The molecule has 3 atom stereocenters. The molecule has 0 saturated carbocycles. The van der Waals surface area contributed by atoms with Crippen LogP contribution < -0.4 is 16.0 Å². The first-order chi connectivity index (χ1) is 18.5. The first kappa shape index (κ1) is 31.9. The van der Waals surface area contributed by atoms with Crippen molar-refractivity contribution in [1.29, 1.82) is 0 Å². The molecule has 216 valence electrons. The largest absolute Gasteiger partial charge is 0.483 e. The number of anilines is 3. The zero-order valence-corrected chi connectivity index (χ0v) is 22.6. The summed E-state index contributed by atoms with van der Waals surface area (Å²) in [7, 11) is 0. The molecule has 3 heterocycles. The lowest BCUT2D eigenvalue weighted by molar-refractivity contribution is -0.138. The Morgan fingerprint density at radius 3 is 2.49 bits per heavy atom. The SMILES string of the molecule is CC.CC1CCN(c2ncnc(N)c2F)C[C@@H]1N1CCC[C@@H](Nc2cc(Cl)cc(C(F)(F)F)c2)C1=O.O=CO. The van der Waals surface area contributed by atoms with Crippen molar-refractivity contribution in [2.45, 2.75) is 58.3 Å². The molecule has 1 aromatic heterocycles. The molecule has 1 aromatic carbocycles. The van der Waals surface area contributed by atoms with Crippen molar-refractivity contribution in [2.75, 3.05) is 35.6 Å². The van der Waals surface area contributed by atoms with E-state index >= 15 is 0 Å². The highest BCUT2D eigenvalue weighted by Crippen LogP contribution is 2.34. The number of carboxylic acid groups (broad SMARTS) is 1. The lowest BCUT2D eigenvalue weighted by Crippen LogP contribution is -2.59. The summed E-state index contributed by atoms with van der Waals surface area (Å²) in [4.78, 5) is 32.9. The average Bonchev–Trinajstić information content (AvgIpc) is 2.88. The summed E-state index contributed by atoms with van der Waals surface area (Å²) in [6.45, 7) is 7.21. The highest BCUT2D eigenvalue weighted by Gasteiger charge is 2.39. The number of amides is 1. The first-order valence-corrected chi connectivity index (χ1v) is 12.9. The summed E-state index contributed by atoms with van der Waals surface area (Å²) >= 11 is 5.89. The fraction of sp³-hybridized carbons (Fsp3) is 0.520. The van der Waals surface area contributed by atoms with Gasteiger partial charge in [-0.2, -0.15) is 17.6 Å². The van der Waals surface area contributed by atoms with Crippen molar-refractivity contribution in [3.63, 3.8) is 0 Å². The van der Waals surface area contributed by atoms with Crippen LogP contribution in [0.2, 0.25) is 5.02 Å². The van der Waals surface area contributed by atoms with Gasteiger partial charge in [-0.25, -0.2) is 9.97 Å². The maximum absolute atomic E-state index is 14.5. The quantitative estimate of drug-likeness (QED) is 0.346. The molecule has 0 aliphatic carbocycles. The number of nitrogens with zero attached hydrogens (tertiary/aromatic N) is 4. The third kappa shape index (κ3) is 8.07. The van der Waals surface area contributed by atoms with E-state index in [4.69, 9.17) is 27.2 Å². The maximum Gasteiger partial charge on any atom is 0.416 e. The minimum Gasteiger partial charge on any atom is -0.483 e. The fourth-order valence-electron chi connectivity index (χ4n) is 4.64. The second kappa shape index (κ2) is 14.2. The average molecular weight is 577 g/mol. The smallest absolute Gasteiger partial charge is 0.416 e. The van der Waals surface area contributed by atoms with Crippen LogP contribution in [0, 0.1) is 11.7 Å². The highest BCUT2D eigenvalue weighted by atomic mass is 35.5. The van der Waals surface area contributed by atoms with Gasteiger partial charge in [0.2, 0.25) is 11.7 Å². The van der Waals surface area contributed by atoms with Crippen molar-refractivity contribution in [3.8, 4) is 0 Å². The van der Waals surface area contributed by atoms with Gasteiger partial charge >= 0.3 is 6.18 Å². The molecule has 2 fully saturated rings. The van der Waals surface area contributed by atoms with E-state index in [1.165, 1.54) is 12.4 Å². The monoisotopic (exact) mass is 576 g/mol. The Morgan fingerprint density at radius 1 is 1.18 bits per heavy atom. The number of aromatic nitrogens is 2. The molecular formula is C25H33ClF4N6O3. The molecule has 0 bridgehead atoms. The molecule has 2 aliphatic heterocycles. The van der Waals surface area contributed by atoms with E-state index in [-0.39, 0.29) is 46.7 Å². The normalized spacial score (nSPS) is 21.2. The van der Waals surface area contributed by atoms with Gasteiger partial charge in [0.15, 0.2) is 11.6 Å². The summed E-state index contributed by atoms with van der Waals surface area (Å²) in [5, 5.41) is 9.76. The van der Waals surface area contributed by atoms with Crippen molar-refractivity contribution < 1.29 is 32.3 Å². The number of rotatable bonds is 4. The van der Waals surface area contributed by atoms with Gasteiger partial charge < -0.3 is 26.0 Å². The van der Waals surface area contributed by atoms with Crippen molar-refractivity contribution in [1.82, 2.24) is 14.9 Å². The molecule has 2 saturated heterocycles. The number of hydrogen-bond donors (Lipinski definition) is 3. The third-order valence-corrected chi connectivity index (χ3v) is 6.67. The Hall–Kier alpha value is -3.35. The number of halogens is 5. The van der Waals surface area contributed by atoms with Crippen LogP contribution in [-0.2, 0) is 15.8 Å². The predicted octanol–water partition coefficient (Wildman–Crippen LogP) is 4.92. The van der Waals surface area contributed by atoms with Crippen LogP contribution >= 0.6 is 11.6 Å². The molecule has 1 unspecified atom stereocenters. The Kier molecular flexibility index (Phi) is 11.6. The van der Waals surface area contributed by atoms with Crippen LogP contribution in [-0.4, -0.2) is 64.1 Å². The zero-order valence-electron chi connectivity index (χ0n) is 21.9. The van der Waals surface area contributed by atoms with E-state index in [0.717, 1.165) is 12.1 Å². The molecule has 9 nitrogen and oxygen atoms in total. The summed E-state index contributed by atoms with van der Waals surface area (Å²) in [5.41, 5.74) is 4.84. The number of nitrogen functional groups attached to an aromatic ring is 1. The molecular weight excluding hydrogens is 544 g/mol. The van der Waals surface area contributed by atoms with Crippen LogP contribution in [0.3, 0.4) is 0 Å². The number of benzene rings is 1. The predicted molar refractivity (Wildman–Crippen MR) is 141 cm³/mol. The molecule has 4 rings (SSSR count). The summed E-state index contributed by atoms with van der Waals surface area (Å²) in [5.74, 6) is -0.896. The lowest BCUT2D eigenvalue weighted by Gasteiger charge is -2.46. The van der Waals surface area contributed by atoms with Gasteiger partial charge in [0, 0.05) is 30.3 Å². The summed E-state index contributed by atoms with van der Waals surface area (Å²) in [6.07, 6.45) is -1.49. The molecule has 1 amide bonds. The highest BCUT2D eigenvalue weighted by molar-refractivity contribution is 6.31. The number of hydrogen-bond acceptors (Lipinski definition) is 7. The third-order valence-electron chi connectivity index (χ3n) is 6.46. The van der Waals surface area contributed by atoms with E-state index in [1.54, 1.807) is 9.80 Å². The second-order valence-corrected chi connectivity index (χ2v) is 9.31. The molecule has 2 aliphatic rings. The standard InChI is InChI=1S/C22H25ClF4N6O.C2H6.CH2O2/c1-12-4-6-32(20-18(24)19(28)29-11-30-20)10-17(12)33-5-2-3-16(21(33)34)31-15-8-13(22(25,26)27)7-14(23)9-15;1-2;2-1-3/h7-9,11-12,16-17,31H,2-6,10H2,1H3,(H2,28,29,30);1-2H3;1H,(H,2,3)/t12?,16-,17+;;/m1../s1. The van der Waals surface area contributed by atoms with E-state index in [2.05, 4.69) is 15.3 Å². The number of nitrogens with one attached hydrogen (secondary N) is 1. The van der Waals surface area contributed by atoms with Gasteiger partial charge in [-0.3, -0.25) is 9.59 Å². The van der Waals surface area contributed by atoms with E-state index in [9.17, 15) is 22.4 Å². The summed E-state index contributed by atoms with van der Waals surface area (Å²) < 4.78 is 54.0. The van der Waals surface area contributed by atoms with Gasteiger partial charge in [-0.1, -0.05) is 32.4 Å². The topological polar surface area (TPSA) is 125 Å². The number of carbonyl (C=O) groups is 2. The van der Waals surface area contributed by atoms with E-state index < -0.39 is 23.6 Å². The van der Waals surface area contributed by atoms with Gasteiger partial charge in [-0.05, 0) is 43.4 Å². The van der Waals surface area contributed by atoms with E-state index in [1.807, 2.05) is 20.8 Å². The van der Waals surface area contributed by atoms with Crippen molar-refractivity contribution >= 4 is 41.3 Å². The van der Waals surface area contributed by atoms with Crippen molar-refractivity contribution in [3.05, 3.63) is 40.9 Å². The number of piperidine rings is 2. The van der Waals surface area contributed by atoms with E-state index in [0.29, 0.717) is 38.9 Å². The molecule has 0 radical (unpaired) electrons. The van der Waals surface area contributed by atoms with Crippen LogP contribution in [0.4, 0.5) is 34.9 Å². The first-order valence-electron chi connectivity index (χ1n) is 12.5. The second-order valence-electron chi connectivity index (χ2n) is 8.88. The molecule has 0 spiro atoms. The fourth-order valence-corrected chi connectivity index (χ4v) is 4.88. The Balaban J connectivity index is 0.000000998. The van der Waals surface area contributed by atoms with Gasteiger partial charge in [0.1, 0.15) is 12.4 Å². The van der Waals surface area contributed by atoms with Crippen LogP contribution in [0.15, 0.2) is 24.5 Å². The zero-order chi connectivity index (χ0) is 29.3. The Morgan fingerprint density at radius 2 is 1.85 bits per heavy atom. The summed E-state index contributed by atoms with van der Waals surface area (Å²) in [6, 6.07) is 2.26. The number of alkyl halides is 3. The van der Waals surface area contributed by atoms with Gasteiger partial charge in [0.25, 0.3) is 6.47 Å². The minimum absolute atomic E-state index is 0.0693. The van der Waals surface area contributed by atoms with Crippen LogP contribution in [0.5, 0.6) is 0 Å². The lowest BCUT2D eigenvalue weighted by atomic mass is 9.89. The molecule has 4 N–H and O–H groups in total. The minimum atomic E-state index is -4.55. The van der Waals surface area contributed by atoms with Crippen LogP contribution in [0.1, 0.15) is 45.6 Å². The number of likely N-dealkylation sites (tertiary alicyclic amines) is 1. The molecule has 14 heteroatoms. The molecule has 39 heavy (non-hydrogen) atoms. The molecule has 2 aromatic rings. The van der Waals surface area contributed by atoms with Gasteiger partial charge in [-0.15, -0.1) is 0 Å². The van der Waals surface area contributed by atoms with Gasteiger partial charge in [0.05, 0.1) is 11.6 Å². The number of nitrogens with two attached hydrogens (primary N) is 1. The Labute approximate surface area is 229 Å². The van der Waals surface area contributed by atoms with Crippen LogP contribution in [0.25, 0.3) is 0 Å². The Bertz CT molecular complexity index is 1120. The number of carbonyl (C=O) groups excluding carboxylic acids is 1.